The Hall–Kier alpha value is -0.0900. The molecule has 1 N–H and O–H groups in total. The smallest absolute Gasteiger partial charge is 0.154 e. The first-order chi connectivity index (χ1) is 9.78. The second kappa shape index (κ2) is 7.96. The highest BCUT2D eigenvalue weighted by Gasteiger charge is 2.42. The second-order valence-corrected chi connectivity index (χ2v) is 9.66. The minimum absolute atomic E-state index is 0.158. The van der Waals surface area contributed by atoms with Gasteiger partial charge in [0.15, 0.2) is 9.84 Å². The summed E-state index contributed by atoms with van der Waals surface area (Å²) in [6, 6.07) is 0.158. The van der Waals surface area contributed by atoms with Crippen molar-refractivity contribution in [2.75, 3.05) is 12.3 Å². The molecule has 0 aromatic carbocycles. The molecule has 0 radical (unpaired) electrons. The zero-order chi connectivity index (χ0) is 16.1. The van der Waals surface area contributed by atoms with E-state index >= 15 is 0 Å². The number of rotatable bonds is 8. The minimum Gasteiger partial charge on any atom is -0.313 e. The van der Waals surface area contributed by atoms with Crippen molar-refractivity contribution in [3.63, 3.8) is 0 Å². The van der Waals surface area contributed by atoms with Crippen molar-refractivity contribution in [2.45, 2.75) is 84.4 Å². The molecule has 1 aliphatic rings. The van der Waals surface area contributed by atoms with E-state index in [1.807, 2.05) is 6.92 Å². The van der Waals surface area contributed by atoms with Crippen molar-refractivity contribution < 1.29 is 8.42 Å². The Labute approximate surface area is 132 Å². The third-order valence-corrected chi connectivity index (χ3v) is 7.84. The third-order valence-electron chi connectivity index (χ3n) is 5.41. The molecule has 3 nitrogen and oxygen atoms in total. The van der Waals surface area contributed by atoms with Crippen LogP contribution in [-0.4, -0.2) is 32.0 Å². The Morgan fingerprint density at radius 3 is 2.29 bits per heavy atom. The molecule has 0 amide bonds. The molecule has 1 saturated carbocycles. The quantitative estimate of drug-likeness (QED) is 0.741. The van der Waals surface area contributed by atoms with Crippen molar-refractivity contribution in [1.29, 1.82) is 0 Å². The fourth-order valence-electron chi connectivity index (χ4n) is 3.52. The van der Waals surface area contributed by atoms with Gasteiger partial charge in [0.1, 0.15) is 0 Å². The van der Waals surface area contributed by atoms with E-state index in [4.69, 9.17) is 0 Å². The summed E-state index contributed by atoms with van der Waals surface area (Å²) in [5.41, 5.74) is 0.246. The lowest BCUT2D eigenvalue weighted by atomic mass is 9.68. The Kier molecular flexibility index (Phi) is 7.18. The van der Waals surface area contributed by atoms with Crippen LogP contribution in [0.2, 0.25) is 0 Å². The maximum absolute atomic E-state index is 12.7. The van der Waals surface area contributed by atoms with Crippen LogP contribution in [0.1, 0.15) is 73.1 Å². The molecule has 0 saturated heterocycles. The van der Waals surface area contributed by atoms with Gasteiger partial charge in [-0.1, -0.05) is 41.0 Å². The fourth-order valence-corrected chi connectivity index (χ4v) is 5.65. The lowest BCUT2D eigenvalue weighted by molar-refractivity contribution is 0.139. The van der Waals surface area contributed by atoms with Crippen molar-refractivity contribution in [3.05, 3.63) is 0 Å². The van der Waals surface area contributed by atoms with Crippen molar-refractivity contribution in [3.8, 4) is 0 Å². The number of nitrogens with one attached hydrogen (secondary N) is 1. The minimum atomic E-state index is -2.98. The Bertz CT molecular complexity index is 403. The van der Waals surface area contributed by atoms with Crippen molar-refractivity contribution >= 4 is 9.84 Å². The molecule has 1 aliphatic carbocycles. The van der Waals surface area contributed by atoms with Gasteiger partial charge >= 0.3 is 0 Å². The Morgan fingerprint density at radius 2 is 1.76 bits per heavy atom. The topological polar surface area (TPSA) is 46.2 Å². The molecule has 0 aromatic heterocycles. The van der Waals surface area contributed by atoms with Crippen LogP contribution in [0.4, 0.5) is 0 Å². The molecule has 0 aliphatic heterocycles. The lowest BCUT2D eigenvalue weighted by Gasteiger charge is -2.43. The molecule has 0 bridgehead atoms. The normalized spacial score (nSPS) is 27.8. The molecule has 0 spiro atoms. The van der Waals surface area contributed by atoms with Gasteiger partial charge in [-0.15, -0.1) is 0 Å². The van der Waals surface area contributed by atoms with Crippen LogP contribution in [-0.2, 0) is 9.84 Å². The molecule has 1 fully saturated rings. The van der Waals surface area contributed by atoms with Gasteiger partial charge in [-0.05, 0) is 50.0 Å². The molecule has 4 heteroatoms. The van der Waals surface area contributed by atoms with Crippen LogP contribution in [0.3, 0.4) is 0 Å². The molecule has 126 valence electrons. The molecule has 21 heavy (non-hydrogen) atoms. The number of sulfone groups is 1. The third kappa shape index (κ3) is 4.95. The highest BCUT2D eigenvalue weighted by molar-refractivity contribution is 7.92. The van der Waals surface area contributed by atoms with E-state index in [1.165, 1.54) is 0 Å². The summed E-state index contributed by atoms with van der Waals surface area (Å²) in [5.74, 6) is 0.861. The van der Waals surface area contributed by atoms with E-state index in [0.29, 0.717) is 11.7 Å². The van der Waals surface area contributed by atoms with Gasteiger partial charge in [0.05, 0.1) is 11.0 Å². The zero-order valence-electron chi connectivity index (χ0n) is 14.6. The maximum Gasteiger partial charge on any atom is 0.154 e. The van der Waals surface area contributed by atoms with Gasteiger partial charge in [-0.3, -0.25) is 0 Å². The van der Waals surface area contributed by atoms with Crippen LogP contribution in [0, 0.1) is 11.3 Å². The average molecular weight is 318 g/mol. The molecule has 0 aromatic rings. The average Bonchev–Trinajstić information content (AvgIpc) is 2.44. The summed E-state index contributed by atoms with van der Waals surface area (Å²) in [7, 11) is -2.98. The first-order valence-corrected chi connectivity index (χ1v) is 10.4. The second-order valence-electron chi connectivity index (χ2n) is 7.32. The highest BCUT2D eigenvalue weighted by atomic mass is 32.2. The standard InChI is InChI=1S/C17H35NO2S/c1-6-11-18-15-10-9-14(17(4,5)8-3)13-16(15)21(19,20)12-7-2/h14-16,18H,6-13H2,1-5H3. The molecular formula is C17H35NO2S. The predicted octanol–water partition coefficient (Wildman–Crippen LogP) is 3.78. The van der Waals surface area contributed by atoms with Gasteiger partial charge in [-0.25, -0.2) is 8.42 Å². The number of hydrogen-bond acceptors (Lipinski definition) is 3. The predicted molar refractivity (Wildman–Crippen MR) is 91.4 cm³/mol. The van der Waals surface area contributed by atoms with Gasteiger partial charge in [0.2, 0.25) is 0 Å². The van der Waals surface area contributed by atoms with E-state index in [9.17, 15) is 8.42 Å². The largest absolute Gasteiger partial charge is 0.313 e. The van der Waals surface area contributed by atoms with Crippen LogP contribution in [0.15, 0.2) is 0 Å². The lowest BCUT2D eigenvalue weighted by Crippen LogP contribution is -2.50. The van der Waals surface area contributed by atoms with Crippen molar-refractivity contribution in [2.24, 2.45) is 11.3 Å². The first-order valence-electron chi connectivity index (χ1n) is 8.73. The Morgan fingerprint density at radius 1 is 1.10 bits per heavy atom. The number of hydrogen-bond donors (Lipinski definition) is 1. The highest BCUT2D eigenvalue weighted by Crippen LogP contribution is 2.42. The summed E-state index contributed by atoms with van der Waals surface area (Å²) in [6.45, 7) is 11.8. The van der Waals surface area contributed by atoms with Crippen molar-refractivity contribution in [1.82, 2.24) is 5.32 Å². The molecule has 3 unspecified atom stereocenters. The summed E-state index contributed by atoms with van der Waals surface area (Å²) >= 11 is 0. The van der Waals surface area contributed by atoms with Gasteiger partial charge in [0, 0.05) is 6.04 Å². The van der Waals surface area contributed by atoms with E-state index in [1.54, 1.807) is 0 Å². The molecular weight excluding hydrogens is 282 g/mol. The van der Waals surface area contributed by atoms with E-state index in [-0.39, 0.29) is 16.7 Å². The van der Waals surface area contributed by atoms with E-state index in [0.717, 1.165) is 45.1 Å². The summed E-state index contributed by atoms with van der Waals surface area (Å²) in [5, 5.41) is 3.31. The fraction of sp³-hybridized carbons (Fsp3) is 1.00. The molecule has 1 rings (SSSR count). The molecule has 3 atom stereocenters. The monoisotopic (exact) mass is 317 g/mol. The van der Waals surface area contributed by atoms with Crippen LogP contribution >= 0.6 is 0 Å². The van der Waals surface area contributed by atoms with Crippen LogP contribution in [0.25, 0.3) is 0 Å². The zero-order valence-corrected chi connectivity index (χ0v) is 15.4. The maximum atomic E-state index is 12.7. The SMILES string of the molecule is CCCNC1CCC(C(C)(C)CC)CC1S(=O)(=O)CCC. The van der Waals surface area contributed by atoms with E-state index in [2.05, 4.69) is 33.0 Å². The van der Waals surface area contributed by atoms with Gasteiger partial charge in [-0.2, -0.15) is 0 Å². The Balaban J connectivity index is 2.91. The molecule has 0 heterocycles. The summed E-state index contributed by atoms with van der Waals surface area (Å²) < 4.78 is 25.4. The first kappa shape index (κ1) is 19.0. The van der Waals surface area contributed by atoms with Gasteiger partial charge < -0.3 is 5.32 Å². The summed E-state index contributed by atoms with van der Waals surface area (Å²) in [6.07, 6.45) is 5.89. The van der Waals surface area contributed by atoms with Gasteiger partial charge in [0.25, 0.3) is 0 Å². The summed E-state index contributed by atoms with van der Waals surface area (Å²) in [4.78, 5) is 0. The van der Waals surface area contributed by atoms with Crippen LogP contribution in [0.5, 0.6) is 0 Å². The van der Waals surface area contributed by atoms with Crippen LogP contribution < -0.4 is 5.32 Å². The van der Waals surface area contributed by atoms with E-state index < -0.39 is 9.84 Å².